The summed E-state index contributed by atoms with van der Waals surface area (Å²) in [4.78, 5) is 23.6. The third kappa shape index (κ3) is 2.98. The van der Waals surface area contributed by atoms with E-state index in [-0.39, 0.29) is 29.3 Å². The Morgan fingerprint density at radius 1 is 1.30 bits per heavy atom. The van der Waals surface area contributed by atoms with Gasteiger partial charge in [0.05, 0.1) is 13.0 Å². The molecule has 6 heteroatoms. The molecule has 2 unspecified atom stereocenters. The van der Waals surface area contributed by atoms with E-state index in [4.69, 9.17) is 10.5 Å². The van der Waals surface area contributed by atoms with E-state index in [1.807, 2.05) is 24.3 Å². The molecule has 0 bridgehead atoms. The van der Waals surface area contributed by atoms with Crippen LogP contribution in [-0.4, -0.2) is 25.1 Å². The number of amides is 3. The maximum Gasteiger partial charge on any atom is 0.315 e. The number of ether oxygens (including phenoxy) is 1. The van der Waals surface area contributed by atoms with Crippen LogP contribution in [0.2, 0.25) is 0 Å². The summed E-state index contributed by atoms with van der Waals surface area (Å²) < 4.78 is 5.10. The smallest absolute Gasteiger partial charge is 0.315 e. The number of urea groups is 1. The summed E-state index contributed by atoms with van der Waals surface area (Å²) >= 11 is 0. The summed E-state index contributed by atoms with van der Waals surface area (Å²) in [6, 6.07) is 7.15. The molecule has 2 saturated carbocycles. The highest BCUT2D eigenvalue weighted by Gasteiger charge is 2.59. The second kappa shape index (κ2) is 6.10. The van der Waals surface area contributed by atoms with E-state index in [2.05, 4.69) is 10.6 Å². The van der Waals surface area contributed by atoms with E-state index in [0.717, 1.165) is 37.0 Å². The number of hydrogen-bond donors (Lipinski definition) is 3. The van der Waals surface area contributed by atoms with Crippen LogP contribution in [0.4, 0.5) is 4.79 Å². The molecule has 1 aromatic carbocycles. The number of nitrogens with two attached hydrogens (primary N) is 1. The van der Waals surface area contributed by atoms with Crippen molar-refractivity contribution in [3.05, 3.63) is 29.8 Å². The van der Waals surface area contributed by atoms with Gasteiger partial charge in [-0.05, 0) is 42.4 Å². The average Bonchev–Trinajstić information content (AvgIpc) is 2.48. The zero-order valence-electron chi connectivity index (χ0n) is 13.3. The fourth-order valence-electron chi connectivity index (χ4n) is 3.73. The molecule has 0 radical (unpaired) electrons. The highest BCUT2D eigenvalue weighted by molar-refractivity contribution is 5.81. The first-order valence-corrected chi connectivity index (χ1v) is 8.01. The van der Waals surface area contributed by atoms with Gasteiger partial charge in [-0.2, -0.15) is 0 Å². The Balaban J connectivity index is 1.52. The highest BCUT2D eigenvalue weighted by Crippen LogP contribution is 2.58. The Morgan fingerprint density at radius 3 is 2.52 bits per heavy atom. The molecule has 4 N–H and O–H groups in total. The lowest BCUT2D eigenvalue weighted by Gasteiger charge is -2.59. The number of methoxy groups -OCH3 is 1. The Bertz CT molecular complexity index is 596. The first-order chi connectivity index (χ1) is 11.0. The van der Waals surface area contributed by atoms with Gasteiger partial charge in [0, 0.05) is 12.6 Å². The van der Waals surface area contributed by atoms with Crippen molar-refractivity contribution in [3.8, 4) is 5.75 Å². The first-order valence-electron chi connectivity index (χ1n) is 8.01. The zero-order valence-corrected chi connectivity index (χ0v) is 13.3. The normalized spacial score (nSPS) is 24.2. The lowest BCUT2D eigenvalue weighted by molar-refractivity contribution is -0.139. The van der Waals surface area contributed by atoms with Crippen LogP contribution >= 0.6 is 0 Å². The van der Waals surface area contributed by atoms with E-state index >= 15 is 0 Å². The monoisotopic (exact) mass is 317 g/mol. The maximum atomic E-state index is 12.1. The summed E-state index contributed by atoms with van der Waals surface area (Å²) in [5, 5.41) is 5.80. The third-order valence-electron chi connectivity index (χ3n) is 5.30. The minimum absolute atomic E-state index is 0.108. The van der Waals surface area contributed by atoms with Gasteiger partial charge in [0.2, 0.25) is 5.91 Å². The number of nitrogens with one attached hydrogen (secondary N) is 2. The van der Waals surface area contributed by atoms with Crippen LogP contribution in [0.15, 0.2) is 24.3 Å². The van der Waals surface area contributed by atoms with Gasteiger partial charge in [-0.25, -0.2) is 4.79 Å². The number of benzene rings is 1. The summed E-state index contributed by atoms with van der Waals surface area (Å²) in [5.74, 6) is 0.230. The average molecular weight is 317 g/mol. The van der Waals surface area contributed by atoms with Crippen molar-refractivity contribution in [2.75, 3.05) is 7.11 Å². The molecule has 3 amide bonds. The topological polar surface area (TPSA) is 93.4 Å². The molecule has 0 aliphatic heterocycles. The number of carbonyl (C=O) groups excluding carboxylic acids is 2. The van der Waals surface area contributed by atoms with Crippen molar-refractivity contribution in [2.24, 2.45) is 17.1 Å². The van der Waals surface area contributed by atoms with Crippen molar-refractivity contribution in [3.63, 3.8) is 0 Å². The van der Waals surface area contributed by atoms with Crippen LogP contribution in [-0.2, 0) is 11.3 Å². The van der Waals surface area contributed by atoms with Crippen molar-refractivity contribution >= 4 is 11.9 Å². The summed E-state index contributed by atoms with van der Waals surface area (Å²) in [6.07, 6.45) is 4.11. The van der Waals surface area contributed by atoms with Gasteiger partial charge in [-0.3, -0.25) is 4.79 Å². The van der Waals surface area contributed by atoms with Crippen LogP contribution in [0.3, 0.4) is 0 Å². The van der Waals surface area contributed by atoms with Crippen molar-refractivity contribution in [1.29, 1.82) is 0 Å². The molecule has 0 aromatic heterocycles. The molecule has 2 atom stereocenters. The van der Waals surface area contributed by atoms with E-state index in [0.29, 0.717) is 6.54 Å². The Labute approximate surface area is 135 Å². The molecule has 124 valence electrons. The summed E-state index contributed by atoms with van der Waals surface area (Å²) in [7, 11) is 1.62. The van der Waals surface area contributed by atoms with Gasteiger partial charge in [-0.1, -0.05) is 18.6 Å². The Morgan fingerprint density at radius 2 is 2.00 bits per heavy atom. The molecule has 2 fully saturated rings. The van der Waals surface area contributed by atoms with Gasteiger partial charge in [0.25, 0.3) is 0 Å². The van der Waals surface area contributed by atoms with E-state index in [9.17, 15) is 9.59 Å². The Hall–Kier alpha value is -2.24. The minimum atomic E-state index is -0.317. The highest BCUT2D eigenvalue weighted by atomic mass is 16.5. The predicted molar refractivity (Wildman–Crippen MR) is 85.7 cm³/mol. The fraction of sp³-hybridized carbons (Fsp3) is 0.529. The van der Waals surface area contributed by atoms with Gasteiger partial charge in [-0.15, -0.1) is 0 Å². The van der Waals surface area contributed by atoms with Gasteiger partial charge in [0.1, 0.15) is 5.75 Å². The minimum Gasteiger partial charge on any atom is -0.497 e. The lowest BCUT2D eigenvalue weighted by atomic mass is 9.48. The second-order valence-corrected chi connectivity index (χ2v) is 6.58. The van der Waals surface area contributed by atoms with Crippen LogP contribution in [0.1, 0.15) is 31.2 Å². The number of carbonyl (C=O) groups is 2. The fourth-order valence-corrected chi connectivity index (χ4v) is 3.73. The van der Waals surface area contributed by atoms with E-state index < -0.39 is 0 Å². The van der Waals surface area contributed by atoms with Crippen LogP contribution in [0.25, 0.3) is 0 Å². The molecule has 1 spiro atoms. The molecule has 1 aromatic rings. The zero-order chi connectivity index (χ0) is 16.4. The van der Waals surface area contributed by atoms with E-state index in [1.165, 1.54) is 0 Å². The molecule has 0 heterocycles. The van der Waals surface area contributed by atoms with Crippen molar-refractivity contribution in [1.82, 2.24) is 10.6 Å². The molecule has 2 aliphatic rings. The summed E-state index contributed by atoms with van der Waals surface area (Å²) in [5.41, 5.74) is 6.53. The van der Waals surface area contributed by atoms with Crippen LogP contribution in [0, 0.1) is 11.3 Å². The number of rotatable bonds is 5. The molecule has 2 aliphatic carbocycles. The quantitative estimate of drug-likeness (QED) is 0.769. The van der Waals surface area contributed by atoms with Gasteiger partial charge in [0.15, 0.2) is 0 Å². The molecule has 3 rings (SSSR count). The van der Waals surface area contributed by atoms with Gasteiger partial charge < -0.3 is 21.1 Å². The first kappa shape index (κ1) is 15.6. The number of hydrogen-bond acceptors (Lipinski definition) is 3. The largest absolute Gasteiger partial charge is 0.497 e. The van der Waals surface area contributed by atoms with Crippen LogP contribution < -0.4 is 21.1 Å². The molecule has 6 nitrogen and oxygen atoms in total. The number of primary amides is 1. The van der Waals surface area contributed by atoms with Gasteiger partial charge >= 0.3 is 6.03 Å². The van der Waals surface area contributed by atoms with E-state index in [1.54, 1.807) is 7.11 Å². The maximum absolute atomic E-state index is 12.1. The van der Waals surface area contributed by atoms with Crippen molar-refractivity contribution < 1.29 is 14.3 Å². The SMILES string of the molecule is COc1ccc(CNC(=O)NC2C(C(N)=O)CC23CCC3)cc1. The molecule has 23 heavy (non-hydrogen) atoms. The second-order valence-electron chi connectivity index (χ2n) is 6.58. The summed E-state index contributed by atoms with van der Waals surface area (Å²) in [6.45, 7) is 0.427. The molecule has 0 saturated heterocycles. The Kier molecular flexibility index (Phi) is 4.15. The lowest BCUT2D eigenvalue weighted by Crippen LogP contribution is -2.67. The molecular weight excluding hydrogens is 294 g/mol. The third-order valence-corrected chi connectivity index (χ3v) is 5.30. The standard InChI is InChI=1S/C17H23N3O3/c1-23-12-5-3-11(4-6-12)10-19-16(22)20-14-13(15(18)21)9-17(14)7-2-8-17/h3-6,13-14H,2,7-10H2,1H3,(H2,18,21)(H2,19,20,22). The van der Waals surface area contributed by atoms with Crippen molar-refractivity contribution in [2.45, 2.75) is 38.3 Å². The van der Waals surface area contributed by atoms with Crippen LogP contribution in [0.5, 0.6) is 5.75 Å². The molecular formula is C17H23N3O3. The predicted octanol–water partition coefficient (Wildman–Crippen LogP) is 1.54.